The summed E-state index contributed by atoms with van der Waals surface area (Å²) < 4.78 is 25.3. The second-order valence-corrected chi connectivity index (χ2v) is 8.73. The number of piperazine rings is 1. The molecule has 0 atom stereocenters. The Balaban J connectivity index is 1.81. The van der Waals surface area contributed by atoms with Crippen LogP contribution in [0, 0.1) is 0 Å². The van der Waals surface area contributed by atoms with E-state index in [4.69, 9.17) is 0 Å². The second kappa shape index (κ2) is 7.13. The van der Waals surface area contributed by atoms with Crippen LogP contribution < -0.4 is 0 Å². The Labute approximate surface area is 137 Å². The Bertz CT molecular complexity index is 596. The Hall–Kier alpha value is -0.570. The van der Waals surface area contributed by atoms with Gasteiger partial charge in [-0.2, -0.15) is 4.31 Å². The SMILES string of the molecule is CS(=O)(=O)N1CCN(C(=O)CSc2ccc(Br)cc2)CC1. The topological polar surface area (TPSA) is 57.7 Å². The summed E-state index contributed by atoms with van der Waals surface area (Å²) in [5, 5.41) is 0. The van der Waals surface area contributed by atoms with E-state index >= 15 is 0 Å². The Kier molecular flexibility index (Phi) is 5.70. The molecule has 1 saturated heterocycles. The molecule has 5 nitrogen and oxygen atoms in total. The number of sulfonamides is 1. The number of amides is 1. The number of thioether (sulfide) groups is 1. The van der Waals surface area contributed by atoms with Gasteiger partial charge in [-0.05, 0) is 24.3 Å². The summed E-state index contributed by atoms with van der Waals surface area (Å²) in [5.74, 6) is 0.427. The fourth-order valence-corrected chi connectivity index (χ4v) is 3.93. The van der Waals surface area contributed by atoms with Crippen molar-refractivity contribution in [1.82, 2.24) is 9.21 Å². The summed E-state index contributed by atoms with van der Waals surface area (Å²) >= 11 is 4.86. The molecule has 2 rings (SSSR count). The summed E-state index contributed by atoms with van der Waals surface area (Å²) in [4.78, 5) is 14.9. The highest BCUT2D eigenvalue weighted by Crippen LogP contribution is 2.21. The number of hydrogen-bond donors (Lipinski definition) is 0. The summed E-state index contributed by atoms with van der Waals surface area (Å²) in [6, 6.07) is 7.81. The van der Waals surface area contributed by atoms with E-state index < -0.39 is 10.0 Å². The van der Waals surface area contributed by atoms with Gasteiger partial charge in [-0.3, -0.25) is 4.79 Å². The molecule has 0 bridgehead atoms. The Morgan fingerprint density at radius 2 is 1.76 bits per heavy atom. The second-order valence-electron chi connectivity index (χ2n) is 4.79. The predicted octanol–water partition coefficient (Wildman–Crippen LogP) is 1.65. The number of halogens is 1. The first-order valence-electron chi connectivity index (χ1n) is 6.47. The summed E-state index contributed by atoms with van der Waals surface area (Å²) in [6.07, 6.45) is 1.20. The minimum atomic E-state index is -3.15. The number of carbonyl (C=O) groups excluding carboxylic acids is 1. The average molecular weight is 393 g/mol. The third-order valence-corrected chi connectivity index (χ3v) is 6.06. The van der Waals surface area contributed by atoms with Crippen molar-refractivity contribution >= 4 is 43.6 Å². The molecule has 0 aromatic heterocycles. The van der Waals surface area contributed by atoms with E-state index in [9.17, 15) is 13.2 Å². The van der Waals surface area contributed by atoms with Crippen molar-refractivity contribution in [2.75, 3.05) is 38.2 Å². The molecule has 0 spiro atoms. The van der Waals surface area contributed by atoms with E-state index in [1.807, 2.05) is 24.3 Å². The van der Waals surface area contributed by atoms with Gasteiger partial charge in [0.1, 0.15) is 0 Å². The fourth-order valence-electron chi connectivity index (χ4n) is 2.04. The van der Waals surface area contributed by atoms with Crippen LogP contribution in [0.4, 0.5) is 0 Å². The molecule has 0 unspecified atom stereocenters. The lowest BCUT2D eigenvalue weighted by Gasteiger charge is -2.33. The molecular formula is C13H17BrN2O3S2. The van der Waals surface area contributed by atoms with Crippen molar-refractivity contribution in [1.29, 1.82) is 0 Å². The van der Waals surface area contributed by atoms with E-state index in [1.165, 1.54) is 22.3 Å². The minimum absolute atomic E-state index is 0.0519. The van der Waals surface area contributed by atoms with Gasteiger partial charge in [0.05, 0.1) is 12.0 Å². The normalized spacial score (nSPS) is 17.0. The van der Waals surface area contributed by atoms with Crippen LogP contribution in [0.25, 0.3) is 0 Å². The van der Waals surface area contributed by atoms with Crippen LogP contribution >= 0.6 is 27.7 Å². The van der Waals surface area contributed by atoms with Crippen molar-refractivity contribution in [3.63, 3.8) is 0 Å². The highest BCUT2D eigenvalue weighted by atomic mass is 79.9. The number of nitrogens with zero attached hydrogens (tertiary/aromatic N) is 2. The molecular weight excluding hydrogens is 376 g/mol. The molecule has 1 amide bonds. The van der Waals surface area contributed by atoms with Crippen LogP contribution in [0.5, 0.6) is 0 Å². The molecule has 1 aliphatic heterocycles. The molecule has 0 radical (unpaired) electrons. The van der Waals surface area contributed by atoms with Crippen LogP contribution in [0.1, 0.15) is 0 Å². The van der Waals surface area contributed by atoms with Crippen molar-refractivity contribution in [2.45, 2.75) is 4.90 Å². The smallest absolute Gasteiger partial charge is 0.233 e. The molecule has 1 aromatic carbocycles. The van der Waals surface area contributed by atoms with Gasteiger partial charge >= 0.3 is 0 Å². The standard InChI is InChI=1S/C13H17BrN2O3S2/c1-21(18,19)16-8-6-15(7-9-16)13(17)10-20-12-4-2-11(14)3-5-12/h2-5H,6-10H2,1H3. The minimum Gasteiger partial charge on any atom is -0.339 e. The molecule has 0 N–H and O–H groups in total. The lowest BCUT2D eigenvalue weighted by atomic mass is 10.3. The van der Waals surface area contributed by atoms with E-state index in [0.29, 0.717) is 31.9 Å². The van der Waals surface area contributed by atoms with Gasteiger partial charge < -0.3 is 4.90 Å². The van der Waals surface area contributed by atoms with Crippen LogP contribution in [0.3, 0.4) is 0 Å². The molecule has 0 saturated carbocycles. The molecule has 0 aliphatic carbocycles. The van der Waals surface area contributed by atoms with Crippen LogP contribution in [-0.4, -0.2) is 61.7 Å². The maximum Gasteiger partial charge on any atom is 0.233 e. The molecule has 8 heteroatoms. The molecule has 21 heavy (non-hydrogen) atoms. The molecule has 1 aliphatic rings. The van der Waals surface area contributed by atoms with Gasteiger partial charge in [-0.1, -0.05) is 15.9 Å². The van der Waals surface area contributed by atoms with Crippen LogP contribution in [-0.2, 0) is 14.8 Å². The Morgan fingerprint density at radius 1 is 1.19 bits per heavy atom. The first-order chi connectivity index (χ1) is 9.86. The first kappa shape index (κ1) is 16.8. The summed E-state index contributed by atoms with van der Waals surface area (Å²) in [7, 11) is -3.15. The maximum atomic E-state index is 12.1. The lowest BCUT2D eigenvalue weighted by Crippen LogP contribution is -2.50. The zero-order valence-corrected chi connectivity index (χ0v) is 14.9. The highest BCUT2D eigenvalue weighted by molar-refractivity contribution is 9.10. The maximum absolute atomic E-state index is 12.1. The number of benzene rings is 1. The molecule has 116 valence electrons. The van der Waals surface area contributed by atoms with Gasteiger partial charge in [0, 0.05) is 35.5 Å². The van der Waals surface area contributed by atoms with E-state index in [2.05, 4.69) is 15.9 Å². The van der Waals surface area contributed by atoms with Crippen molar-refractivity contribution < 1.29 is 13.2 Å². The quantitative estimate of drug-likeness (QED) is 0.730. The van der Waals surface area contributed by atoms with E-state index in [0.717, 1.165) is 9.37 Å². The number of carbonyl (C=O) groups is 1. The third kappa shape index (κ3) is 4.98. The third-order valence-electron chi connectivity index (χ3n) is 3.24. The zero-order valence-electron chi connectivity index (χ0n) is 11.7. The zero-order chi connectivity index (χ0) is 15.5. The van der Waals surface area contributed by atoms with Crippen molar-refractivity contribution in [3.8, 4) is 0 Å². The highest BCUT2D eigenvalue weighted by Gasteiger charge is 2.25. The molecule has 1 heterocycles. The lowest BCUT2D eigenvalue weighted by molar-refractivity contribution is -0.129. The van der Waals surface area contributed by atoms with Crippen LogP contribution in [0.2, 0.25) is 0 Å². The van der Waals surface area contributed by atoms with E-state index in [1.54, 1.807) is 4.90 Å². The number of rotatable bonds is 4. The van der Waals surface area contributed by atoms with Crippen molar-refractivity contribution in [2.24, 2.45) is 0 Å². The molecule has 1 fully saturated rings. The first-order valence-corrected chi connectivity index (χ1v) is 10.1. The Morgan fingerprint density at radius 3 is 2.29 bits per heavy atom. The predicted molar refractivity (Wildman–Crippen MR) is 87.9 cm³/mol. The monoisotopic (exact) mass is 392 g/mol. The van der Waals surface area contributed by atoms with Crippen LogP contribution in [0.15, 0.2) is 33.6 Å². The van der Waals surface area contributed by atoms with Gasteiger partial charge in [-0.25, -0.2) is 8.42 Å². The fraction of sp³-hybridized carbons (Fsp3) is 0.462. The van der Waals surface area contributed by atoms with Gasteiger partial charge in [0.25, 0.3) is 0 Å². The largest absolute Gasteiger partial charge is 0.339 e. The van der Waals surface area contributed by atoms with Gasteiger partial charge in [0.15, 0.2) is 0 Å². The van der Waals surface area contributed by atoms with Gasteiger partial charge in [0.2, 0.25) is 15.9 Å². The summed E-state index contributed by atoms with van der Waals surface area (Å²) in [6.45, 7) is 1.70. The van der Waals surface area contributed by atoms with Gasteiger partial charge in [-0.15, -0.1) is 11.8 Å². The molecule has 1 aromatic rings. The van der Waals surface area contributed by atoms with E-state index in [-0.39, 0.29) is 5.91 Å². The summed E-state index contributed by atoms with van der Waals surface area (Å²) in [5.41, 5.74) is 0. The number of hydrogen-bond acceptors (Lipinski definition) is 4. The van der Waals surface area contributed by atoms with Crippen molar-refractivity contribution in [3.05, 3.63) is 28.7 Å². The average Bonchev–Trinajstić information content (AvgIpc) is 2.45.